The molecule has 0 saturated carbocycles. The van der Waals surface area contributed by atoms with E-state index in [9.17, 15) is 4.79 Å². The molecule has 1 fully saturated rings. The highest BCUT2D eigenvalue weighted by atomic mass is 16.5. The van der Waals surface area contributed by atoms with Gasteiger partial charge in [-0.1, -0.05) is 12.1 Å². The summed E-state index contributed by atoms with van der Waals surface area (Å²) in [6, 6.07) is 14.1. The molecule has 30 heavy (non-hydrogen) atoms. The highest BCUT2D eigenvalue weighted by Gasteiger charge is 2.23. The number of H-pyrrole nitrogens is 2. The molecule has 1 aliphatic heterocycles. The van der Waals surface area contributed by atoms with E-state index in [4.69, 9.17) is 4.74 Å². The first-order chi connectivity index (χ1) is 14.7. The molecule has 2 aromatic heterocycles. The Morgan fingerprint density at radius 1 is 1.07 bits per heavy atom. The Morgan fingerprint density at radius 2 is 1.90 bits per heavy atom. The SMILES string of the molecule is COc1ccc2[nH]cc(C3CCN(CCCn4c(=O)[nH]c5ccccc54)CC3)c2c1. The van der Waals surface area contributed by atoms with Gasteiger partial charge in [-0.05, 0) is 80.7 Å². The average Bonchev–Trinajstić information content (AvgIpc) is 3.34. The average molecular weight is 405 g/mol. The number of benzene rings is 2. The van der Waals surface area contributed by atoms with Crippen molar-refractivity contribution in [2.45, 2.75) is 31.7 Å². The molecule has 156 valence electrons. The number of nitrogens with zero attached hydrogens (tertiary/aromatic N) is 2. The Balaban J connectivity index is 1.19. The molecule has 6 nitrogen and oxygen atoms in total. The summed E-state index contributed by atoms with van der Waals surface area (Å²) in [7, 11) is 1.72. The number of rotatable bonds is 6. The summed E-state index contributed by atoms with van der Waals surface area (Å²) in [6.45, 7) is 3.99. The van der Waals surface area contributed by atoms with Crippen LogP contribution in [-0.2, 0) is 6.54 Å². The van der Waals surface area contributed by atoms with Gasteiger partial charge in [0.1, 0.15) is 5.75 Å². The van der Waals surface area contributed by atoms with Gasteiger partial charge in [-0.3, -0.25) is 4.57 Å². The number of hydrogen-bond donors (Lipinski definition) is 2. The molecule has 0 amide bonds. The third kappa shape index (κ3) is 3.52. The van der Waals surface area contributed by atoms with Gasteiger partial charge in [0.05, 0.1) is 18.1 Å². The van der Waals surface area contributed by atoms with Crippen LogP contribution in [0.15, 0.2) is 53.5 Å². The molecule has 0 atom stereocenters. The number of nitrogens with one attached hydrogen (secondary N) is 2. The standard InChI is InChI=1S/C24H28N4O2/c1-30-18-7-8-21-19(15-18)20(16-25-21)17-9-13-27(14-10-17)11-4-12-28-23-6-3-2-5-22(23)26-24(28)29/h2-3,5-8,15-17,25H,4,9-14H2,1H3,(H,26,29). The van der Waals surface area contributed by atoms with E-state index in [1.54, 1.807) is 7.11 Å². The fourth-order valence-electron chi connectivity index (χ4n) is 4.83. The lowest BCUT2D eigenvalue weighted by atomic mass is 9.89. The number of ether oxygens (including phenoxy) is 1. The van der Waals surface area contributed by atoms with Gasteiger partial charge in [-0.15, -0.1) is 0 Å². The maximum atomic E-state index is 12.2. The van der Waals surface area contributed by atoms with Crippen molar-refractivity contribution < 1.29 is 4.74 Å². The van der Waals surface area contributed by atoms with Gasteiger partial charge < -0.3 is 19.6 Å². The van der Waals surface area contributed by atoms with Gasteiger partial charge in [0.25, 0.3) is 0 Å². The van der Waals surface area contributed by atoms with Gasteiger partial charge in [0.2, 0.25) is 0 Å². The monoisotopic (exact) mass is 404 g/mol. The molecular formula is C24H28N4O2. The van der Waals surface area contributed by atoms with Crippen LogP contribution < -0.4 is 10.4 Å². The molecule has 2 N–H and O–H groups in total. The number of likely N-dealkylation sites (tertiary alicyclic amines) is 1. The van der Waals surface area contributed by atoms with Crippen molar-refractivity contribution >= 4 is 21.9 Å². The zero-order valence-electron chi connectivity index (χ0n) is 17.4. The van der Waals surface area contributed by atoms with E-state index in [2.05, 4.69) is 33.2 Å². The second-order valence-electron chi connectivity index (χ2n) is 8.22. The van der Waals surface area contributed by atoms with Crippen molar-refractivity contribution in [2.24, 2.45) is 0 Å². The summed E-state index contributed by atoms with van der Waals surface area (Å²) >= 11 is 0. The molecule has 2 aromatic carbocycles. The van der Waals surface area contributed by atoms with Crippen molar-refractivity contribution in [3.63, 3.8) is 0 Å². The topological polar surface area (TPSA) is 66.0 Å². The summed E-state index contributed by atoms with van der Waals surface area (Å²) in [6.07, 6.45) is 5.49. The molecular weight excluding hydrogens is 376 g/mol. The predicted octanol–water partition coefficient (Wildman–Crippen LogP) is 4.09. The molecule has 5 rings (SSSR count). The minimum atomic E-state index is -0.00956. The fourth-order valence-corrected chi connectivity index (χ4v) is 4.83. The summed E-state index contributed by atoms with van der Waals surface area (Å²) in [5.41, 5.74) is 4.49. The van der Waals surface area contributed by atoms with Gasteiger partial charge in [-0.2, -0.15) is 0 Å². The van der Waals surface area contributed by atoms with E-state index >= 15 is 0 Å². The lowest BCUT2D eigenvalue weighted by Gasteiger charge is -2.32. The molecule has 1 saturated heterocycles. The smallest absolute Gasteiger partial charge is 0.326 e. The summed E-state index contributed by atoms with van der Waals surface area (Å²) < 4.78 is 7.28. The third-order valence-electron chi connectivity index (χ3n) is 6.49. The fraction of sp³-hybridized carbons (Fsp3) is 0.375. The van der Waals surface area contributed by atoms with Crippen molar-refractivity contribution in [3.8, 4) is 5.75 Å². The summed E-state index contributed by atoms with van der Waals surface area (Å²) in [4.78, 5) is 21.1. The molecule has 0 aliphatic carbocycles. The number of imidazole rings is 1. The van der Waals surface area contributed by atoms with Crippen LogP contribution in [0.1, 0.15) is 30.7 Å². The quantitative estimate of drug-likeness (QED) is 0.509. The van der Waals surface area contributed by atoms with E-state index in [-0.39, 0.29) is 5.69 Å². The van der Waals surface area contributed by atoms with Crippen LogP contribution in [-0.4, -0.2) is 46.2 Å². The summed E-state index contributed by atoms with van der Waals surface area (Å²) in [5.74, 6) is 1.49. The first kappa shape index (κ1) is 19.0. The second-order valence-corrected chi connectivity index (χ2v) is 8.22. The molecule has 0 unspecified atom stereocenters. The molecule has 1 aliphatic rings. The van der Waals surface area contributed by atoms with Crippen molar-refractivity contribution in [2.75, 3.05) is 26.7 Å². The Kier molecular flexibility index (Phi) is 5.09. The predicted molar refractivity (Wildman–Crippen MR) is 120 cm³/mol. The van der Waals surface area contributed by atoms with Crippen LogP contribution in [0.2, 0.25) is 0 Å². The van der Waals surface area contributed by atoms with Crippen molar-refractivity contribution in [1.82, 2.24) is 19.4 Å². The highest BCUT2D eigenvalue weighted by Crippen LogP contribution is 2.34. The minimum Gasteiger partial charge on any atom is -0.497 e. The Hall–Kier alpha value is -2.99. The molecule has 3 heterocycles. The number of piperidine rings is 1. The number of aromatic nitrogens is 3. The van der Waals surface area contributed by atoms with E-state index < -0.39 is 0 Å². The number of aromatic amines is 2. The van der Waals surface area contributed by atoms with E-state index in [1.165, 1.54) is 16.5 Å². The number of methoxy groups -OCH3 is 1. The van der Waals surface area contributed by atoms with Crippen LogP contribution in [0.4, 0.5) is 0 Å². The van der Waals surface area contributed by atoms with Crippen LogP contribution in [0.5, 0.6) is 5.75 Å². The second kappa shape index (κ2) is 8.03. The highest BCUT2D eigenvalue weighted by molar-refractivity contribution is 5.85. The molecule has 0 spiro atoms. The zero-order valence-corrected chi connectivity index (χ0v) is 17.4. The normalized spacial score (nSPS) is 15.9. The van der Waals surface area contributed by atoms with E-state index in [1.807, 2.05) is 34.9 Å². The first-order valence-electron chi connectivity index (χ1n) is 10.8. The van der Waals surface area contributed by atoms with Crippen LogP contribution in [0.3, 0.4) is 0 Å². The van der Waals surface area contributed by atoms with E-state index in [0.29, 0.717) is 5.92 Å². The number of aryl methyl sites for hydroxylation is 1. The third-order valence-corrected chi connectivity index (χ3v) is 6.49. The maximum absolute atomic E-state index is 12.2. The molecule has 6 heteroatoms. The van der Waals surface area contributed by atoms with Crippen LogP contribution in [0, 0.1) is 0 Å². The number of fused-ring (bicyclic) bond motifs is 2. The number of para-hydroxylation sites is 2. The maximum Gasteiger partial charge on any atom is 0.326 e. The van der Waals surface area contributed by atoms with Gasteiger partial charge in [0.15, 0.2) is 0 Å². The zero-order chi connectivity index (χ0) is 20.5. The largest absolute Gasteiger partial charge is 0.497 e. The van der Waals surface area contributed by atoms with Gasteiger partial charge in [0, 0.05) is 23.6 Å². The lowest BCUT2D eigenvalue weighted by Crippen LogP contribution is -2.34. The van der Waals surface area contributed by atoms with Crippen molar-refractivity contribution in [1.29, 1.82) is 0 Å². The summed E-state index contributed by atoms with van der Waals surface area (Å²) in [5, 5.41) is 1.28. The number of hydrogen-bond acceptors (Lipinski definition) is 3. The Morgan fingerprint density at radius 3 is 2.73 bits per heavy atom. The van der Waals surface area contributed by atoms with Crippen LogP contribution in [0.25, 0.3) is 21.9 Å². The Bertz CT molecular complexity index is 1210. The lowest BCUT2D eigenvalue weighted by molar-refractivity contribution is 0.207. The minimum absolute atomic E-state index is 0.00956. The molecule has 0 radical (unpaired) electrons. The van der Waals surface area contributed by atoms with Crippen molar-refractivity contribution in [3.05, 3.63) is 64.7 Å². The molecule has 0 bridgehead atoms. The van der Waals surface area contributed by atoms with Gasteiger partial charge >= 0.3 is 5.69 Å². The van der Waals surface area contributed by atoms with Crippen LogP contribution >= 0.6 is 0 Å². The first-order valence-corrected chi connectivity index (χ1v) is 10.8. The Labute approximate surface area is 175 Å². The van der Waals surface area contributed by atoms with E-state index in [0.717, 1.165) is 62.2 Å². The van der Waals surface area contributed by atoms with Gasteiger partial charge in [-0.25, -0.2) is 4.79 Å². The molecule has 4 aromatic rings.